The van der Waals surface area contributed by atoms with Crippen molar-refractivity contribution < 1.29 is 14.3 Å². The average Bonchev–Trinajstić information content (AvgIpc) is 2.67. The van der Waals surface area contributed by atoms with Crippen molar-refractivity contribution in [2.24, 2.45) is 5.73 Å². The Hall–Kier alpha value is -3.15. The Kier molecular flexibility index (Phi) is 6.49. The van der Waals surface area contributed by atoms with Gasteiger partial charge in [-0.2, -0.15) is 0 Å². The first-order valence-corrected chi connectivity index (χ1v) is 8.29. The van der Waals surface area contributed by atoms with Gasteiger partial charge in [-0.25, -0.2) is 0 Å². The fraction of sp³-hybridized carbons (Fsp3) is 0.250. The van der Waals surface area contributed by atoms with Gasteiger partial charge in [0.05, 0.1) is 7.11 Å². The second-order valence-electron chi connectivity index (χ2n) is 5.97. The summed E-state index contributed by atoms with van der Waals surface area (Å²) in [6.45, 7) is 0.488. The molecule has 0 atom stereocenters. The molecule has 0 aliphatic carbocycles. The Morgan fingerprint density at radius 3 is 1.96 bits per heavy atom. The van der Waals surface area contributed by atoms with Crippen molar-refractivity contribution >= 4 is 17.7 Å². The third kappa shape index (κ3) is 4.92. The molecule has 0 aliphatic heterocycles. The van der Waals surface area contributed by atoms with Gasteiger partial charge in [0, 0.05) is 31.1 Å². The van der Waals surface area contributed by atoms with Crippen LogP contribution in [-0.2, 0) is 9.53 Å². The van der Waals surface area contributed by atoms with E-state index >= 15 is 0 Å². The van der Waals surface area contributed by atoms with Crippen molar-refractivity contribution in [2.45, 2.75) is 12.8 Å². The van der Waals surface area contributed by atoms with Crippen molar-refractivity contribution in [2.75, 3.05) is 20.7 Å². The second-order valence-corrected chi connectivity index (χ2v) is 5.97. The first-order valence-electron chi connectivity index (χ1n) is 8.29. The lowest BCUT2D eigenvalue weighted by molar-refractivity contribution is -0.140. The normalized spacial score (nSPS) is 10.2. The molecule has 2 aromatic rings. The van der Waals surface area contributed by atoms with Crippen molar-refractivity contribution in [3.8, 4) is 11.1 Å². The molecular formula is C20H23N3O3. The summed E-state index contributed by atoms with van der Waals surface area (Å²) in [4.78, 5) is 25.1. The molecule has 6 heteroatoms. The molecular weight excluding hydrogens is 330 g/mol. The summed E-state index contributed by atoms with van der Waals surface area (Å²) in [5.74, 6) is -0.327. The molecule has 0 aliphatic rings. The van der Waals surface area contributed by atoms with Gasteiger partial charge in [0.25, 0.3) is 5.91 Å². The van der Waals surface area contributed by atoms with Crippen LogP contribution in [0, 0.1) is 5.41 Å². The number of nitrogen functional groups attached to an aromatic ring is 1. The van der Waals surface area contributed by atoms with Crippen molar-refractivity contribution in [1.82, 2.24) is 4.90 Å². The lowest BCUT2D eigenvalue weighted by Crippen LogP contribution is -2.28. The largest absolute Gasteiger partial charge is 0.469 e. The first kappa shape index (κ1) is 19.2. The van der Waals surface area contributed by atoms with E-state index in [2.05, 4.69) is 4.74 Å². The quantitative estimate of drug-likeness (QED) is 0.454. The number of nitrogens with zero attached hydrogens (tertiary/aromatic N) is 1. The Balaban J connectivity index is 2.00. The highest BCUT2D eigenvalue weighted by Crippen LogP contribution is 2.21. The third-order valence-corrected chi connectivity index (χ3v) is 4.11. The number of esters is 1. The molecule has 0 spiro atoms. The van der Waals surface area contributed by atoms with Crippen LogP contribution in [0.15, 0.2) is 48.5 Å². The number of nitrogens with one attached hydrogen (secondary N) is 1. The summed E-state index contributed by atoms with van der Waals surface area (Å²) < 4.78 is 4.59. The topological polar surface area (TPSA) is 96.5 Å². The molecule has 136 valence electrons. The lowest BCUT2D eigenvalue weighted by Gasteiger charge is -2.17. The van der Waals surface area contributed by atoms with E-state index in [1.165, 1.54) is 7.11 Å². The number of nitrogens with two attached hydrogens (primary N) is 1. The molecule has 2 aromatic carbocycles. The first-order chi connectivity index (χ1) is 12.4. The molecule has 0 unspecified atom stereocenters. The molecule has 0 heterocycles. The Labute approximate surface area is 153 Å². The maximum absolute atomic E-state index is 12.4. The standard InChI is InChI=1S/C20H23N3O3/c1-23(13-3-4-18(24)26-2)20(25)17-11-7-15(8-12-17)14-5-9-16(10-6-14)19(21)22/h5-12H,3-4,13H2,1-2H3,(H3,21,22). The predicted octanol–water partition coefficient (Wildman–Crippen LogP) is 2.66. The molecule has 26 heavy (non-hydrogen) atoms. The summed E-state index contributed by atoms with van der Waals surface area (Å²) in [5.41, 5.74) is 8.69. The molecule has 2 rings (SSSR count). The van der Waals surface area contributed by atoms with Gasteiger partial charge < -0.3 is 15.4 Å². The fourth-order valence-corrected chi connectivity index (χ4v) is 2.53. The van der Waals surface area contributed by atoms with E-state index in [0.717, 1.165) is 11.1 Å². The van der Waals surface area contributed by atoms with Crippen LogP contribution in [0.1, 0.15) is 28.8 Å². The summed E-state index contributed by atoms with van der Waals surface area (Å²) in [7, 11) is 3.07. The highest BCUT2D eigenvalue weighted by Gasteiger charge is 2.12. The van der Waals surface area contributed by atoms with Gasteiger partial charge in [-0.3, -0.25) is 15.0 Å². The van der Waals surface area contributed by atoms with Crippen LogP contribution in [0.4, 0.5) is 0 Å². The van der Waals surface area contributed by atoms with Crippen molar-refractivity contribution in [3.63, 3.8) is 0 Å². The second kappa shape index (κ2) is 8.80. The van der Waals surface area contributed by atoms with E-state index in [4.69, 9.17) is 11.1 Å². The monoisotopic (exact) mass is 353 g/mol. The van der Waals surface area contributed by atoms with E-state index < -0.39 is 0 Å². The van der Waals surface area contributed by atoms with Gasteiger partial charge in [-0.1, -0.05) is 36.4 Å². The Morgan fingerprint density at radius 1 is 1.00 bits per heavy atom. The molecule has 1 amide bonds. The van der Waals surface area contributed by atoms with Gasteiger partial charge in [0.1, 0.15) is 5.84 Å². The van der Waals surface area contributed by atoms with Crippen LogP contribution in [0.25, 0.3) is 11.1 Å². The summed E-state index contributed by atoms with van der Waals surface area (Å²) in [6.07, 6.45) is 0.860. The minimum atomic E-state index is -0.272. The minimum Gasteiger partial charge on any atom is -0.469 e. The molecule has 0 radical (unpaired) electrons. The zero-order chi connectivity index (χ0) is 19.1. The number of ether oxygens (including phenoxy) is 1. The molecule has 0 bridgehead atoms. The SMILES string of the molecule is COC(=O)CCCN(C)C(=O)c1ccc(-c2ccc(C(=N)N)cc2)cc1. The number of carbonyl (C=O) groups is 2. The van der Waals surface area contributed by atoms with Crippen molar-refractivity contribution in [3.05, 3.63) is 59.7 Å². The predicted molar refractivity (Wildman–Crippen MR) is 101 cm³/mol. The molecule has 0 saturated heterocycles. The molecule has 3 N–H and O–H groups in total. The molecule has 0 aromatic heterocycles. The number of carbonyl (C=O) groups excluding carboxylic acids is 2. The fourth-order valence-electron chi connectivity index (χ4n) is 2.53. The maximum atomic E-state index is 12.4. The highest BCUT2D eigenvalue weighted by molar-refractivity contribution is 5.96. The maximum Gasteiger partial charge on any atom is 0.305 e. The van der Waals surface area contributed by atoms with Crippen LogP contribution in [-0.4, -0.2) is 43.3 Å². The van der Waals surface area contributed by atoms with Gasteiger partial charge in [0.2, 0.25) is 0 Å². The number of benzene rings is 2. The van der Waals surface area contributed by atoms with Crippen LogP contribution >= 0.6 is 0 Å². The number of hydrogen-bond donors (Lipinski definition) is 2. The minimum absolute atomic E-state index is 0.0349. The van der Waals surface area contributed by atoms with E-state index in [0.29, 0.717) is 30.5 Å². The van der Waals surface area contributed by atoms with Crippen molar-refractivity contribution in [1.29, 1.82) is 5.41 Å². The molecule has 0 saturated carbocycles. The summed E-state index contributed by atoms with van der Waals surface area (Å²) >= 11 is 0. The zero-order valence-corrected chi connectivity index (χ0v) is 15.0. The number of rotatable bonds is 7. The lowest BCUT2D eigenvalue weighted by atomic mass is 10.0. The average molecular weight is 353 g/mol. The summed E-state index contributed by atoms with van der Waals surface area (Å²) in [6, 6.07) is 14.7. The number of amidine groups is 1. The van der Waals surface area contributed by atoms with Gasteiger partial charge in [-0.05, 0) is 29.7 Å². The van der Waals surface area contributed by atoms with Crippen LogP contribution in [0.2, 0.25) is 0 Å². The van der Waals surface area contributed by atoms with Crippen LogP contribution in [0.3, 0.4) is 0 Å². The Morgan fingerprint density at radius 2 is 1.50 bits per heavy atom. The van der Waals surface area contributed by atoms with Gasteiger partial charge in [-0.15, -0.1) is 0 Å². The van der Waals surface area contributed by atoms with E-state index in [1.54, 1.807) is 36.2 Å². The highest BCUT2D eigenvalue weighted by atomic mass is 16.5. The molecule has 0 fully saturated rings. The van der Waals surface area contributed by atoms with Gasteiger partial charge >= 0.3 is 5.97 Å². The Bertz CT molecular complexity index is 783. The van der Waals surface area contributed by atoms with E-state index in [9.17, 15) is 9.59 Å². The van der Waals surface area contributed by atoms with Crippen LogP contribution in [0.5, 0.6) is 0 Å². The smallest absolute Gasteiger partial charge is 0.305 e. The van der Waals surface area contributed by atoms with Crippen LogP contribution < -0.4 is 5.73 Å². The number of amides is 1. The van der Waals surface area contributed by atoms with E-state index in [1.807, 2.05) is 24.3 Å². The number of methoxy groups -OCH3 is 1. The molecule has 6 nitrogen and oxygen atoms in total. The zero-order valence-electron chi connectivity index (χ0n) is 15.0. The number of hydrogen-bond acceptors (Lipinski definition) is 4. The van der Waals surface area contributed by atoms with Gasteiger partial charge in [0.15, 0.2) is 0 Å². The summed E-state index contributed by atoms with van der Waals surface area (Å²) in [5, 5.41) is 7.42. The van der Waals surface area contributed by atoms with E-state index in [-0.39, 0.29) is 17.7 Å². The third-order valence-electron chi connectivity index (χ3n) is 4.11.